The minimum Gasteiger partial charge on any atom is -0.241 e. The Kier molecular flexibility index (Phi) is 6.22. The summed E-state index contributed by atoms with van der Waals surface area (Å²) in [4.78, 5) is 16.5. The van der Waals surface area contributed by atoms with Gasteiger partial charge in [-0.3, -0.25) is 0 Å². The molecule has 0 aromatic carbocycles. The first-order valence-corrected chi connectivity index (χ1v) is 6.97. The summed E-state index contributed by atoms with van der Waals surface area (Å²) < 4.78 is 0. The molecular weight excluding hydrogens is 248 g/mol. The molecule has 2 heterocycles. The van der Waals surface area contributed by atoms with Gasteiger partial charge in [0, 0.05) is 30.7 Å². The largest absolute Gasteiger partial charge is 0.241 e. The van der Waals surface area contributed by atoms with E-state index >= 15 is 0 Å². The van der Waals surface area contributed by atoms with E-state index in [0.717, 1.165) is 17.2 Å². The average Bonchev–Trinajstić information content (AvgIpc) is 2.40. The van der Waals surface area contributed by atoms with E-state index in [4.69, 9.17) is 0 Å². The lowest BCUT2D eigenvalue weighted by Crippen LogP contribution is -1.95. The third-order valence-electron chi connectivity index (χ3n) is 2.78. The molecule has 2 aromatic rings. The van der Waals surface area contributed by atoms with Crippen molar-refractivity contribution < 1.29 is 0 Å². The first-order chi connectivity index (χ1) is 9.40. The lowest BCUT2D eigenvalue weighted by Gasteiger charge is -2.01. The molecule has 4 heteroatoms. The standard InChI is InChI=1S/2C8H12N2/c1-6(2)8-4-9-7(3)10-5-8;1-6(2)8-9-4-7(3)5-10-8/h2*4-6H,1-3H3. The van der Waals surface area contributed by atoms with E-state index < -0.39 is 0 Å². The van der Waals surface area contributed by atoms with Crippen LogP contribution in [-0.2, 0) is 0 Å². The molecule has 0 N–H and O–H groups in total. The fourth-order valence-corrected chi connectivity index (χ4v) is 1.40. The Morgan fingerprint density at radius 1 is 0.700 bits per heavy atom. The highest BCUT2D eigenvalue weighted by atomic mass is 14.9. The number of aryl methyl sites for hydroxylation is 2. The summed E-state index contributed by atoms with van der Waals surface area (Å²) in [5, 5.41) is 0. The van der Waals surface area contributed by atoms with Gasteiger partial charge in [-0.15, -0.1) is 0 Å². The van der Waals surface area contributed by atoms with Crippen molar-refractivity contribution >= 4 is 0 Å². The fraction of sp³-hybridized carbons (Fsp3) is 0.500. The third-order valence-corrected chi connectivity index (χ3v) is 2.78. The van der Waals surface area contributed by atoms with Gasteiger partial charge in [0.05, 0.1) is 0 Å². The predicted molar refractivity (Wildman–Crippen MR) is 81.7 cm³/mol. The van der Waals surface area contributed by atoms with Gasteiger partial charge in [0.25, 0.3) is 0 Å². The van der Waals surface area contributed by atoms with E-state index in [-0.39, 0.29) is 0 Å². The summed E-state index contributed by atoms with van der Waals surface area (Å²) in [7, 11) is 0. The summed E-state index contributed by atoms with van der Waals surface area (Å²) in [6.07, 6.45) is 7.46. The van der Waals surface area contributed by atoms with Crippen LogP contribution in [-0.4, -0.2) is 19.9 Å². The van der Waals surface area contributed by atoms with Gasteiger partial charge in [-0.25, -0.2) is 19.9 Å². The number of rotatable bonds is 2. The lowest BCUT2D eigenvalue weighted by molar-refractivity contribution is 0.771. The third kappa shape index (κ3) is 5.43. The van der Waals surface area contributed by atoms with Crippen molar-refractivity contribution in [2.24, 2.45) is 0 Å². The molecule has 0 spiro atoms. The van der Waals surface area contributed by atoms with Gasteiger partial charge in [-0.05, 0) is 30.9 Å². The number of aromatic nitrogens is 4. The minimum absolute atomic E-state index is 0.431. The predicted octanol–water partition coefficient (Wildman–Crippen LogP) is 3.82. The van der Waals surface area contributed by atoms with Crippen LogP contribution in [0.5, 0.6) is 0 Å². The molecule has 4 nitrogen and oxygen atoms in total. The normalized spacial score (nSPS) is 10.4. The molecule has 20 heavy (non-hydrogen) atoms. The maximum Gasteiger partial charge on any atom is 0.130 e. The summed E-state index contributed by atoms with van der Waals surface area (Å²) in [6.45, 7) is 12.3. The SMILES string of the molecule is Cc1cnc(C(C)C)nc1.Cc1ncc(C(C)C)cn1. The second kappa shape index (κ2) is 7.68. The molecule has 0 radical (unpaired) electrons. The quantitative estimate of drug-likeness (QED) is 0.834. The molecule has 2 aromatic heterocycles. The minimum atomic E-state index is 0.431. The number of nitrogens with zero attached hydrogens (tertiary/aromatic N) is 4. The molecule has 0 bridgehead atoms. The first-order valence-electron chi connectivity index (χ1n) is 6.97. The highest BCUT2D eigenvalue weighted by molar-refractivity contribution is 5.08. The molecule has 108 valence electrons. The van der Waals surface area contributed by atoms with Crippen molar-refractivity contribution in [2.75, 3.05) is 0 Å². The zero-order valence-electron chi connectivity index (χ0n) is 13.3. The zero-order chi connectivity index (χ0) is 15.1. The number of hydrogen-bond donors (Lipinski definition) is 0. The van der Waals surface area contributed by atoms with E-state index in [1.54, 1.807) is 0 Å². The summed E-state index contributed by atoms with van der Waals surface area (Å²) in [6, 6.07) is 0. The molecule has 0 saturated heterocycles. The van der Waals surface area contributed by atoms with Gasteiger partial charge >= 0.3 is 0 Å². The van der Waals surface area contributed by atoms with Gasteiger partial charge in [-0.2, -0.15) is 0 Å². The second-order valence-corrected chi connectivity index (χ2v) is 5.49. The zero-order valence-corrected chi connectivity index (χ0v) is 13.3. The summed E-state index contributed by atoms with van der Waals surface area (Å²) in [5.41, 5.74) is 2.31. The molecule has 0 unspecified atom stereocenters. The van der Waals surface area contributed by atoms with Crippen molar-refractivity contribution in [3.63, 3.8) is 0 Å². The van der Waals surface area contributed by atoms with Crippen molar-refractivity contribution in [1.82, 2.24) is 19.9 Å². The van der Waals surface area contributed by atoms with Gasteiger partial charge in [0.1, 0.15) is 11.6 Å². The van der Waals surface area contributed by atoms with Crippen LogP contribution in [0.1, 0.15) is 62.3 Å². The molecule has 2 rings (SSSR count). The molecule has 0 aliphatic heterocycles. The van der Waals surface area contributed by atoms with Gasteiger partial charge in [0.2, 0.25) is 0 Å². The Morgan fingerprint density at radius 2 is 1.20 bits per heavy atom. The van der Waals surface area contributed by atoms with E-state index in [2.05, 4.69) is 47.6 Å². The Bertz CT molecular complexity index is 452. The van der Waals surface area contributed by atoms with Crippen LogP contribution in [0.3, 0.4) is 0 Å². The lowest BCUT2D eigenvalue weighted by atomic mass is 10.1. The molecular formula is C16H24N4. The van der Waals surface area contributed by atoms with Crippen LogP contribution in [0.4, 0.5) is 0 Å². The summed E-state index contributed by atoms with van der Waals surface area (Å²) in [5.74, 6) is 2.72. The average molecular weight is 272 g/mol. The molecule has 0 aliphatic rings. The molecule has 0 saturated carbocycles. The Labute approximate surface area is 121 Å². The van der Waals surface area contributed by atoms with Crippen molar-refractivity contribution in [3.05, 3.63) is 47.6 Å². The van der Waals surface area contributed by atoms with Gasteiger partial charge < -0.3 is 0 Å². The molecule has 0 aliphatic carbocycles. The first kappa shape index (κ1) is 16.2. The number of hydrogen-bond acceptors (Lipinski definition) is 4. The van der Waals surface area contributed by atoms with E-state index in [0.29, 0.717) is 11.8 Å². The van der Waals surface area contributed by atoms with Gasteiger partial charge in [-0.1, -0.05) is 27.7 Å². The molecule has 0 atom stereocenters. The van der Waals surface area contributed by atoms with Crippen LogP contribution in [0.15, 0.2) is 24.8 Å². The van der Waals surface area contributed by atoms with Crippen LogP contribution in [0.2, 0.25) is 0 Å². The highest BCUT2D eigenvalue weighted by Crippen LogP contribution is 2.10. The van der Waals surface area contributed by atoms with Crippen molar-refractivity contribution in [2.45, 2.75) is 53.4 Å². The molecule has 0 amide bonds. The van der Waals surface area contributed by atoms with Crippen molar-refractivity contribution in [1.29, 1.82) is 0 Å². The highest BCUT2D eigenvalue weighted by Gasteiger charge is 1.99. The van der Waals surface area contributed by atoms with E-state index in [1.165, 1.54) is 5.56 Å². The second-order valence-electron chi connectivity index (χ2n) is 5.49. The molecule has 0 fully saturated rings. The van der Waals surface area contributed by atoms with Crippen LogP contribution in [0.25, 0.3) is 0 Å². The van der Waals surface area contributed by atoms with Crippen LogP contribution < -0.4 is 0 Å². The van der Waals surface area contributed by atoms with Crippen molar-refractivity contribution in [3.8, 4) is 0 Å². The Balaban J connectivity index is 0.000000200. The van der Waals surface area contributed by atoms with Crippen LogP contribution in [0, 0.1) is 13.8 Å². The maximum atomic E-state index is 4.17. The van der Waals surface area contributed by atoms with E-state index in [9.17, 15) is 0 Å². The fourth-order valence-electron chi connectivity index (χ4n) is 1.40. The van der Waals surface area contributed by atoms with Gasteiger partial charge in [0.15, 0.2) is 0 Å². The Hall–Kier alpha value is -1.84. The Morgan fingerprint density at radius 3 is 1.60 bits per heavy atom. The summed E-state index contributed by atoms with van der Waals surface area (Å²) >= 11 is 0. The topological polar surface area (TPSA) is 51.6 Å². The monoisotopic (exact) mass is 272 g/mol. The van der Waals surface area contributed by atoms with E-state index in [1.807, 2.05) is 38.6 Å². The smallest absolute Gasteiger partial charge is 0.130 e. The maximum absolute atomic E-state index is 4.17. The van der Waals surface area contributed by atoms with Crippen LogP contribution >= 0.6 is 0 Å².